The summed E-state index contributed by atoms with van der Waals surface area (Å²) in [6.45, 7) is 1.81. The van der Waals surface area contributed by atoms with E-state index in [-0.39, 0.29) is 30.9 Å². The van der Waals surface area contributed by atoms with E-state index in [1.165, 1.54) is 0 Å². The van der Waals surface area contributed by atoms with Crippen molar-refractivity contribution in [3.63, 3.8) is 0 Å². The fourth-order valence-electron chi connectivity index (χ4n) is 6.07. The minimum Gasteiger partial charge on any atom is -0.481 e. The molecule has 0 saturated carbocycles. The van der Waals surface area contributed by atoms with Crippen LogP contribution in [-0.4, -0.2) is 52.2 Å². The summed E-state index contributed by atoms with van der Waals surface area (Å²) < 4.78 is 5.57. The summed E-state index contributed by atoms with van der Waals surface area (Å²) in [6, 6.07) is 15.5. The van der Waals surface area contributed by atoms with Crippen molar-refractivity contribution in [3.8, 4) is 11.1 Å². The molecule has 1 aliphatic carbocycles. The predicted molar refractivity (Wildman–Crippen MR) is 122 cm³/mol. The lowest BCUT2D eigenvalue weighted by molar-refractivity contribution is -0.143. The number of ether oxygens (including phenoxy) is 1. The van der Waals surface area contributed by atoms with Crippen LogP contribution in [-0.2, 0) is 14.3 Å². The second-order valence-corrected chi connectivity index (χ2v) is 9.43. The van der Waals surface area contributed by atoms with Gasteiger partial charge in [-0.1, -0.05) is 48.5 Å². The maximum absolute atomic E-state index is 13.2. The molecule has 2 amide bonds. The van der Waals surface area contributed by atoms with Gasteiger partial charge in [-0.25, -0.2) is 4.79 Å². The van der Waals surface area contributed by atoms with Crippen LogP contribution in [0.4, 0.5) is 4.79 Å². The average Bonchev–Trinajstić information content (AvgIpc) is 3.43. The van der Waals surface area contributed by atoms with Gasteiger partial charge in [0.15, 0.2) is 0 Å². The summed E-state index contributed by atoms with van der Waals surface area (Å²) >= 11 is 0. The Bertz CT molecular complexity index is 1060. The van der Waals surface area contributed by atoms with E-state index in [2.05, 4.69) is 29.6 Å². The zero-order chi connectivity index (χ0) is 23.2. The van der Waals surface area contributed by atoms with Crippen LogP contribution >= 0.6 is 0 Å². The summed E-state index contributed by atoms with van der Waals surface area (Å²) in [5.41, 5.74) is 3.93. The van der Waals surface area contributed by atoms with Gasteiger partial charge in [0.2, 0.25) is 5.91 Å². The second kappa shape index (κ2) is 8.21. The number of alkyl carbamates (subject to hydrolysis) is 1. The lowest BCUT2D eigenvalue weighted by atomic mass is 9.85. The number of nitrogens with one attached hydrogen (secondary N) is 1. The van der Waals surface area contributed by atoms with Crippen molar-refractivity contribution < 1.29 is 24.2 Å². The first-order valence-electron chi connectivity index (χ1n) is 11.6. The highest BCUT2D eigenvalue weighted by Crippen LogP contribution is 2.49. The molecule has 2 aliphatic heterocycles. The molecule has 2 aromatic carbocycles. The predicted octanol–water partition coefficient (Wildman–Crippen LogP) is 3.91. The van der Waals surface area contributed by atoms with Crippen LogP contribution in [0.5, 0.6) is 0 Å². The van der Waals surface area contributed by atoms with E-state index in [1.54, 1.807) is 11.8 Å². The number of amides is 2. The molecular formula is C26H28N2O5. The van der Waals surface area contributed by atoms with Crippen LogP contribution in [0.2, 0.25) is 0 Å². The number of fused-ring (bicyclic) bond motifs is 5. The Morgan fingerprint density at radius 3 is 2.21 bits per heavy atom. The van der Waals surface area contributed by atoms with Crippen molar-refractivity contribution in [1.29, 1.82) is 0 Å². The Morgan fingerprint density at radius 2 is 1.64 bits per heavy atom. The number of carbonyl (C=O) groups excluding carboxylic acids is 2. The quantitative estimate of drug-likeness (QED) is 0.699. The topological polar surface area (TPSA) is 95.9 Å². The minimum absolute atomic E-state index is 0.0487. The molecule has 3 aliphatic rings. The molecule has 33 heavy (non-hydrogen) atoms. The molecule has 7 heteroatoms. The number of carbonyl (C=O) groups is 3. The van der Waals surface area contributed by atoms with Gasteiger partial charge in [0, 0.05) is 12.0 Å². The van der Waals surface area contributed by atoms with Gasteiger partial charge < -0.3 is 20.1 Å². The second-order valence-electron chi connectivity index (χ2n) is 9.43. The first-order chi connectivity index (χ1) is 15.9. The molecule has 2 heterocycles. The number of rotatable bonds is 6. The number of nitrogens with zero attached hydrogens (tertiary/aromatic N) is 1. The lowest BCUT2D eigenvalue weighted by Crippen LogP contribution is -2.54. The Morgan fingerprint density at radius 1 is 1.06 bits per heavy atom. The summed E-state index contributed by atoms with van der Waals surface area (Å²) in [5, 5.41) is 12.0. The van der Waals surface area contributed by atoms with Crippen molar-refractivity contribution in [3.05, 3.63) is 59.7 Å². The standard InChI is InChI=1S/C26H28N2O5/c1-16(24(31)28-17-10-12-26(28,13-11-17)14-23(29)30)27-25(32)33-15-22-20-8-4-2-6-18(20)19-7-3-5-9-21(19)22/h2-9,16-17,22H,10-15H2,1H3,(H,27,32)(H,29,30)/t16-,17?,26?/m1/s1. The van der Waals surface area contributed by atoms with Gasteiger partial charge in [-0.2, -0.15) is 0 Å². The first-order valence-corrected chi connectivity index (χ1v) is 11.6. The highest BCUT2D eigenvalue weighted by atomic mass is 16.5. The van der Waals surface area contributed by atoms with Gasteiger partial charge in [-0.3, -0.25) is 9.59 Å². The highest BCUT2D eigenvalue weighted by molar-refractivity contribution is 5.87. The molecule has 2 saturated heterocycles. The van der Waals surface area contributed by atoms with Gasteiger partial charge >= 0.3 is 12.1 Å². The molecule has 0 radical (unpaired) electrons. The van der Waals surface area contributed by atoms with Gasteiger partial charge in [-0.05, 0) is 54.9 Å². The fraction of sp³-hybridized carbons (Fsp3) is 0.423. The largest absolute Gasteiger partial charge is 0.481 e. The molecule has 0 spiro atoms. The van der Waals surface area contributed by atoms with Crippen LogP contribution < -0.4 is 5.32 Å². The third-order valence-corrected chi connectivity index (χ3v) is 7.53. The van der Waals surface area contributed by atoms with Crippen molar-refractivity contribution in [1.82, 2.24) is 10.2 Å². The Labute approximate surface area is 192 Å². The van der Waals surface area contributed by atoms with Crippen molar-refractivity contribution >= 4 is 18.0 Å². The van der Waals surface area contributed by atoms with E-state index in [4.69, 9.17) is 4.74 Å². The molecule has 5 rings (SSSR count). The molecule has 7 nitrogen and oxygen atoms in total. The maximum atomic E-state index is 13.2. The summed E-state index contributed by atoms with van der Waals surface area (Å²) in [7, 11) is 0. The van der Waals surface area contributed by atoms with Crippen LogP contribution in [0.15, 0.2) is 48.5 Å². The molecular weight excluding hydrogens is 420 g/mol. The van der Waals surface area contributed by atoms with Gasteiger partial charge in [-0.15, -0.1) is 0 Å². The van der Waals surface area contributed by atoms with Crippen LogP contribution in [0.25, 0.3) is 11.1 Å². The number of carboxylic acids is 1. The average molecular weight is 449 g/mol. The SMILES string of the molecule is C[C@@H](NC(=O)OCC1c2ccccc2-c2ccccc21)C(=O)N1C2CCC1(CC(=O)O)CC2. The van der Waals surface area contributed by atoms with Crippen LogP contribution in [0.1, 0.15) is 56.1 Å². The number of benzene rings is 2. The molecule has 1 atom stereocenters. The van der Waals surface area contributed by atoms with Crippen molar-refractivity contribution in [2.45, 2.75) is 62.6 Å². The van der Waals surface area contributed by atoms with Crippen molar-refractivity contribution in [2.24, 2.45) is 0 Å². The minimum atomic E-state index is -0.896. The number of aliphatic carboxylic acids is 1. The highest BCUT2D eigenvalue weighted by Gasteiger charge is 2.55. The molecule has 0 aromatic heterocycles. The number of carboxylic acid groups (broad SMARTS) is 1. The van der Waals surface area contributed by atoms with E-state index >= 15 is 0 Å². The van der Waals surface area contributed by atoms with Crippen LogP contribution in [0, 0.1) is 0 Å². The van der Waals surface area contributed by atoms with Gasteiger partial charge in [0.25, 0.3) is 0 Å². The van der Waals surface area contributed by atoms with E-state index < -0.39 is 23.6 Å². The van der Waals surface area contributed by atoms with E-state index in [9.17, 15) is 19.5 Å². The van der Waals surface area contributed by atoms with E-state index in [0.29, 0.717) is 12.8 Å². The summed E-state index contributed by atoms with van der Waals surface area (Å²) in [4.78, 5) is 38.9. The van der Waals surface area contributed by atoms with Crippen LogP contribution in [0.3, 0.4) is 0 Å². The normalized spacial score (nSPS) is 23.7. The van der Waals surface area contributed by atoms with Gasteiger partial charge in [0.05, 0.1) is 12.0 Å². The molecule has 0 unspecified atom stereocenters. The first kappa shape index (κ1) is 21.5. The Balaban J connectivity index is 1.23. The Hall–Kier alpha value is -3.35. The molecule has 2 bridgehead atoms. The maximum Gasteiger partial charge on any atom is 0.407 e. The Kier molecular flexibility index (Phi) is 5.35. The number of hydrogen-bond donors (Lipinski definition) is 2. The monoisotopic (exact) mass is 448 g/mol. The number of hydrogen-bond acceptors (Lipinski definition) is 4. The third kappa shape index (κ3) is 3.65. The zero-order valence-electron chi connectivity index (χ0n) is 18.6. The summed E-state index contributed by atoms with van der Waals surface area (Å²) in [5.74, 6) is -1.18. The van der Waals surface area contributed by atoms with E-state index in [1.807, 2.05) is 24.3 Å². The van der Waals surface area contributed by atoms with E-state index in [0.717, 1.165) is 35.1 Å². The third-order valence-electron chi connectivity index (χ3n) is 7.53. The lowest BCUT2D eigenvalue weighted by Gasteiger charge is -2.35. The zero-order valence-corrected chi connectivity index (χ0v) is 18.6. The van der Waals surface area contributed by atoms with Crippen molar-refractivity contribution in [2.75, 3.05) is 6.61 Å². The smallest absolute Gasteiger partial charge is 0.407 e. The molecule has 2 fully saturated rings. The molecule has 172 valence electrons. The van der Waals surface area contributed by atoms with Gasteiger partial charge in [0.1, 0.15) is 12.6 Å². The summed E-state index contributed by atoms with van der Waals surface area (Å²) in [6.07, 6.45) is 2.35. The molecule has 2 N–H and O–H groups in total. The fourth-order valence-corrected chi connectivity index (χ4v) is 6.07. The molecule has 2 aromatic rings.